The number of ether oxygens (including phenoxy) is 1. The van der Waals surface area contributed by atoms with Gasteiger partial charge in [0.25, 0.3) is 5.91 Å². The van der Waals surface area contributed by atoms with Crippen molar-refractivity contribution in [2.45, 2.75) is 45.1 Å². The number of thiophene rings is 1. The first-order valence-electron chi connectivity index (χ1n) is 8.04. The van der Waals surface area contributed by atoms with E-state index in [0.717, 1.165) is 36.1 Å². The molecule has 0 atom stereocenters. The fourth-order valence-electron chi connectivity index (χ4n) is 2.51. The largest absolute Gasteiger partial charge is 0.452 e. The molecule has 130 valence electrons. The molecule has 6 nitrogen and oxygen atoms in total. The molecule has 24 heavy (non-hydrogen) atoms. The zero-order valence-corrected chi connectivity index (χ0v) is 14.5. The van der Waals surface area contributed by atoms with E-state index in [1.54, 1.807) is 6.08 Å². The summed E-state index contributed by atoms with van der Waals surface area (Å²) in [6, 6.07) is 1.53. The third-order valence-electron chi connectivity index (χ3n) is 3.81. The predicted octanol–water partition coefficient (Wildman–Crippen LogP) is 2.77. The van der Waals surface area contributed by atoms with E-state index >= 15 is 0 Å². The lowest BCUT2D eigenvalue weighted by Gasteiger charge is -2.22. The molecule has 1 aromatic rings. The van der Waals surface area contributed by atoms with Crippen LogP contribution in [0.15, 0.2) is 17.5 Å². The van der Waals surface area contributed by atoms with Crippen LogP contribution in [-0.4, -0.2) is 30.6 Å². The normalized spacial score (nSPS) is 15.2. The van der Waals surface area contributed by atoms with Gasteiger partial charge in [-0.05, 0) is 42.9 Å². The first-order chi connectivity index (χ1) is 11.5. The Labute approximate surface area is 145 Å². The van der Waals surface area contributed by atoms with Crippen LogP contribution in [0.2, 0.25) is 0 Å². The van der Waals surface area contributed by atoms with E-state index in [-0.39, 0.29) is 6.04 Å². The Morgan fingerprint density at radius 3 is 2.71 bits per heavy atom. The molecule has 0 aliphatic heterocycles. The van der Waals surface area contributed by atoms with Crippen molar-refractivity contribution in [2.75, 3.05) is 6.61 Å². The lowest BCUT2D eigenvalue weighted by Crippen LogP contribution is -2.46. The topological polar surface area (TPSA) is 84.5 Å². The van der Waals surface area contributed by atoms with Crippen molar-refractivity contribution in [3.05, 3.63) is 28.0 Å². The Bertz CT molecular complexity index is 618. The molecule has 0 radical (unpaired) electrons. The molecule has 2 N–H and O–H groups in total. The van der Waals surface area contributed by atoms with Crippen LogP contribution in [0.3, 0.4) is 0 Å². The molecular weight excluding hydrogens is 328 g/mol. The van der Waals surface area contributed by atoms with Crippen LogP contribution in [0.1, 0.15) is 42.5 Å². The highest BCUT2D eigenvalue weighted by atomic mass is 32.1. The number of hydrogen-bond donors (Lipinski definition) is 2. The van der Waals surface area contributed by atoms with Gasteiger partial charge >= 0.3 is 12.0 Å². The average Bonchev–Trinajstić information content (AvgIpc) is 2.97. The lowest BCUT2D eigenvalue weighted by atomic mass is 9.96. The molecule has 0 aromatic carbocycles. The van der Waals surface area contributed by atoms with Crippen LogP contribution < -0.4 is 10.6 Å². The van der Waals surface area contributed by atoms with E-state index in [4.69, 9.17) is 4.74 Å². The fourth-order valence-corrected chi connectivity index (χ4v) is 3.33. The van der Waals surface area contributed by atoms with Gasteiger partial charge in [-0.25, -0.2) is 9.59 Å². The highest BCUT2D eigenvalue weighted by molar-refractivity contribution is 7.11. The monoisotopic (exact) mass is 350 g/mol. The van der Waals surface area contributed by atoms with Crippen LogP contribution in [0.5, 0.6) is 0 Å². The number of esters is 1. The average molecular weight is 350 g/mol. The third-order valence-corrected chi connectivity index (χ3v) is 4.80. The summed E-state index contributed by atoms with van der Waals surface area (Å²) >= 11 is 1.51. The van der Waals surface area contributed by atoms with Gasteiger partial charge in [-0.1, -0.05) is 19.3 Å². The van der Waals surface area contributed by atoms with E-state index in [1.165, 1.54) is 23.8 Å². The zero-order valence-electron chi connectivity index (χ0n) is 13.7. The highest BCUT2D eigenvalue weighted by Gasteiger charge is 2.17. The number of carbonyl (C=O) groups excluding carboxylic acids is 3. The fraction of sp³-hybridized carbons (Fsp3) is 0.471. The van der Waals surface area contributed by atoms with Crippen molar-refractivity contribution in [1.29, 1.82) is 0 Å². The number of amides is 3. The van der Waals surface area contributed by atoms with Crippen molar-refractivity contribution in [3.63, 3.8) is 0 Å². The zero-order chi connectivity index (χ0) is 17.4. The maximum atomic E-state index is 11.7. The van der Waals surface area contributed by atoms with Gasteiger partial charge in [-0.3, -0.25) is 10.1 Å². The molecule has 1 aliphatic rings. The smallest absolute Gasteiger partial charge is 0.331 e. The molecule has 2 rings (SSSR count). The maximum absolute atomic E-state index is 11.7. The first-order valence-corrected chi connectivity index (χ1v) is 8.92. The molecule has 1 fully saturated rings. The maximum Gasteiger partial charge on any atom is 0.331 e. The molecule has 3 amide bonds. The second-order valence-electron chi connectivity index (χ2n) is 5.77. The summed E-state index contributed by atoms with van der Waals surface area (Å²) in [6.07, 6.45) is 8.16. The Hall–Kier alpha value is -2.15. The minimum absolute atomic E-state index is 0.117. The van der Waals surface area contributed by atoms with E-state index < -0.39 is 24.5 Å². The van der Waals surface area contributed by atoms with Gasteiger partial charge in [0.2, 0.25) is 0 Å². The minimum atomic E-state index is -0.641. The molecule has 1 aliphatic carbocycles. The second kappa shape index (κ2) is 9.22. The van der Waals surface area contributed by atoms with Crippen molar-refractivity contribution in [2.24, 2.45) is 0 Å². The van der Waals surface area contributed by atoms with Crippen molar-refractivity contribution in [1.82, 2.24) is 10.6 Å². The summed E-state index contributed by atoms with van der Waals surface area (Å²) in [6.45, 7) is 1.46. The third kappa shape index (κ3) is 6.16. The molecule has 1 aromatic heterocycles. The Kier molecular flexibility index (Phi) is 6.99. The van der Waals surface area contributed by atoms with E-state index in [9.17, 15) is 14.4 Å². The van der Waals surface area contributed by atoms with Gasteiger partial charge in [-0.2, -0.15) is 0 Å². The first kappa shape index (κ1) is 18.2. The Morgan fingerprint density at radius 2 is 2.04 bits per heavy atom. The molecular formula is C17H22N2O4S. The second-order valence-corrected chi connectivity index (χ2v) is 6.71. The quantitative estimate of drug-likeness (QED) is 0.632. The predicted molar refractivity (Wildman–Crippen MR) is 92.6 cm³/mol. The number of urea groups is 1. The summed E-state index contributed by atoms with van der Waals surface area (Å²) in [5.74, 6) is -1.26. The molecule has 0 unspecified atom stereocenters. The van der Waals surface area contributed by atoms with E-state index in [1.807, 2.05) is 18.4 Å². The molecule has 0 spiro atoms. The highest BCUT2D eigenvalue weighted by Crippen LogP contribution is 2.17. The summed E-state index contributed by atoms with van der Waals surface area (Å²) in [5.41, 5.74) is 1.07. The SMILES string of the molecule is Cc1ccsc1/C=C/C(=O)OCC(=O)NC(=O)NC1CCCCC1. The van der Waals surface area contributed by atoms with Crippen LogP contribution in [0, 0.1) is 6.92 Å². The van der Waals surface area contributed by atoms with Crippen LogP contribution in [0.4, 0.5) is 4.79 Å². The van der Waals surface area contributed by atoms with Gasteiger partial charge in [0.1, 0.15) is 0 Å². The molecule has 7 heteroatoms. The summed E-state index contributed by atoms with van der Waals surface area (Å²) in [4.78, 5) is 35.8. The van der Waals surface area contributed by atoms with E-state index in [2.05, 4.69) is 10.6 Å². The minimum Gasteiger partial charge on any atom is -0.452 e. The van der Waals surface area contributed by atoms with Crippen LogP contribution in [-0.2, 0) is 14.3 Å². The molecule has 0 saturated heterocycles. The van der Waals surface area contributed by atoms with Crippen molar-refractivity contribution < 1.29 is 19.1 Å². The lowest BCUT2D eigenvalue weighted by molar-refractivity contribution is -0.143. The number of hydrogen-bond acceptors (Lipinski definition) is 5. The van der Waals surface area contributed by atoms with Crippen LogP contribution in [0.25, 0.3) is 6.08 Å². The number of rotatable bonds is 5. The van der Waals surface area contributed by atoms with Crippen LogP contribution >= 0.6 is 11.3 Å². The van der Waals surface area contributed by atoms with Crippen molar-refractivity contribution in [3.8, 4) is 0 Å². The van der Waals surface area contributed by atoms with E-state index in [0.29, 0.717) is 0 Å². The van der Waals surface area contributed by atoms with Gasteiger partial charge in [-0.15, -0.1) is 11.3 Å². The summed E-state index contributed by atoms with van der Waals surface area (Å²) in [7, 11) is 0. The number of aryl methyl sites for hydroxylation is 1. The number of imide groups is 1. The van der Waals surface area contributed by atoms with Gasteiger partial charge in [0.15, 0.2) is 6.61 Å². The van der Waals surface area contributed by atoms with Gasteiger partial charge in [0.05, 0.1) is 0 Å². The van der Waals surface area contributed by atoms with Gasteiger partial charge in [0, 0.05) is 17.0 Å². The Morgan fingerprint density at radius 1 is 1.29 bits per heavy atom. The number of nitrogens with one attached hydrogen (secondary N) is 2. The molecule has 0 bridgehead atoms. The number of carbonyl (C=O) groups is 3. The summed E-state index contributed by atoms with van der Waals surface area (Å²) in [5, 5.41) is 6.87. The Balaban J connectivity index is 1.66. The summed E-state index contributed by atoms with van der Waals surface area (Å²) < 4.78 is 4.82. The van der Waals surface area contributed by atoms with Crippen molar-refractivity contribution >= 4 is 35.3 Å². The standard InChI is InChI=1S/C17H22N2O4S/c1-12-9-10-24-14(12)7-8-16(21)23-11-15(20)19-17(22)18-13-5-3-2-4-6-13/h7-10,13H,2-6,11H2,1H3,(H2,18,19,20,22)/b8-7+. The molecule has 1 saturated carbocycles. The van der Waals surface area contributed by atoms with Gasteiger partial charge < -0.3 is 10.1 Å². The molecule has 1 heterocycles.